The van der Waals surface area contributed by atoms with Gasteiger partial charge in [0.05, 0.1) is 0 Å². The van der Waals surface area contributed by atoms with E-state index >= 15 is 0 Å². The summed E-state index contributed by atoms with van der Waals surface area (Å²) in [5, 5.41) is 0. The summed E-state index contributed by atoms with van der Waals surface area (Å²) in [6.07, 6.45) is 2.69. The van der Waals surface area contributed by atoms with Crippen molar-refractivity contribution in [2.45, 2.75) is 45.4 Å². The van der Waals surface area contributed by atoms with E-state index in [9.17, 15) is 0 Å². The second-order valence-corrected chi connectivity index (χ2v) is 7.91. The molecule has 0 N–H and O–H groups in total. The lowest BCUT2D eigenvalue weighted by Crippen LogP contribution is -2.13. The number of rotatable bonds is 5. The quantitative estimate of drug-likeness (QED) is 0.661. The van der Waals surface area contributed by atoms with Gasteiger partial charge in [-0.05, 0) is 37.3 Å². The first-order chi connectivity index (χ1) is 7.53. The van der Waals surface area contributed by atoms with E-state index in [2.05, 4.69) is 58.0 Å². The summed E-state index contributed by atoms with van der Waals surface area (Å²) in [6, 6.07) is 11.0. The van der Waals surface area contributed by atoms with Gasteiger partial charge >= 0.3 is 0 Å². The van der Waals surface area contributed by atoms with E-state index in [4.69, 9.17) is 0 Å². The molecule has 0 aliphatic carbocycles. The molecule has 0 bridgehead atoms. The molecule has 0 heterocycles. The highest BCUT2D eigenvalue weighted by Crippen LogP contribution is 2.23. The molecule has 1 rings (SSSR count). The number of benzene rings is 1. The van der Waals surface area contributed by atoms with Crippen molar-refractivity contribution < 1.29 is 0 Å². The van der Waals surface area contributed by atoms with Gasteiger partial charge in [0.2, 0.25) is 0 Å². The highest BCUT2D eigenvalue weighted by Gasteiger charge is 2.20. The third kappa shape index (κ3) is 5.07. The fourth-order valence-electron chi connectivity index (χ4n) is 1.82. The van der Waals surface area contributed by atoms with Crippen LogP contribution in [0.4, 0.5) is 0 Å². The molecule has 0 radical (unpaired) electrons. The average Bonchev–Trinajstić information content (AvgIpc) is 2.24. The van der Waals surface area contributed by atoms with Crippen LogP contribution in [0.15, 0.2) is 35.2 Å². The van der Waals surface area contributed by atoms with Gasteiger partial charge in [0.25, 0.3) is 0 Å². The molecule has 1 unspecified atom stereocenters. The fraction of sp³-hybridized carbons (Fsp3) is 0.600. The van der Waals surface area contributed by atoms with Crippen LogP contribution in [0, 0.1) is 5.41 Å². The van der Waals surface area contributed by atoms with Crippen molar-refractivity contribution in [1.82, 2.24) is 0 Å². The van der Waals surface area contributed by atoms with Gasteiger partial charge in [-0.25, -0.2) is 0 Å². The van der Waals surface area contributed by atoms with Crippen LogP contribution in [0.2, 0.25) is 0 Å². The number of hydrogen-bond donors (Lipinski definition) is 0. The summed E-state index contributed by atoms with van der Waals surface area (Å²) < 4.78 is 0. The van der Waals surface area contributed by atoms with Crippen molar-refractivity contribution in [2.75, 3.05) is 11.5 Å². The van der Waals surface area contributed by atoms with Crippen molar-refractivity contribution in [3.8, 4) is 0 Å². The van der Waals surface area contributed by atoms with Gasteiger partial charge < -0.3 is 0 Å². The zero-order valence-electron chi connectivity index (χ0n) is 11.1. The highest BCUT2D eigenvalue weighted by molar-refractivity contribution is 7.96. The second-order valence-electron chi connectivity index (χ2n) is 5.46. The molecule has 0 saturated heterocycles. The third-order valence-corrected chi connectivity index (χ3v) is 5.16. The Morgan fingerprint density at radius 1 is 1.06 bits per heavy atom. The molecule has 1 heteroatoms. The third-order valence-electron chi connectivity index (χ3n) is 2.74. The van der Waals surface area contributed by atoms with Crippen molar-refractivity contribution in [3.63, 3.8) is 0 Å². The Hall–Kier alpha value is -0.430. The molecule has 1 aromatic rings. The Morgan fingerprint density at radius 2 is 1.69 bits per heavy atom. The van der Waals surface area contributed by atoms with Gasteiger partial charge in [-0.15, -0.1) is 0 Å². The summed E-state index contributed by atoms with van der Waals surface area (Å²) >= 11 is 0. The minimum absolute atomic E-state index is 0.470. The van der Waals surface area contributed by atoms with Crippen LogP contribution in [0.25, 0.3) is 0 Å². The molecule has 16 heavy (non-hydrogen) atoms. The van der Waals surface area contributed by atoms with E-state index in [-0.39, 0.29) is 0 Å². The van der Waals surface area contributed by atoms with Gasteiger partial charge in [-0.2, -0.15) is 0 Å². The van der Waals surface area contributed by atoms with Crippen molar-refractivity contribution in [1.29, 1.82) is 0 Å². The molecule has 0 nitrogen and oxygen atoms in total. The molecule has 0 aliphatic rings. The predicted molar refractivity (Wildman–Crippen MR) is 76.2 cm³/mol. The molecule has 0 aliphatic heterocycles. The van der Waals surface area contributed by atoms with Crippen molar-refractivity contribution >= 4 is 10.9 Å². The maximum Gasteiger partial charge on any atom is 0.154 e. The first-order valence-corrected chi connectivity index (χ1v) is 7.82. The van der Waals surface area contributed by atoms with Crippen LogP contribution >= 0.6 is 0 Å². The molecule has 1 atom stereocenters. The predicted octanol–water partition coefficient (Wildman–Crippen LogP) is 4.51. The molecule has 1 aromatic carbocycles. The highest BCUT2D eigenvalue weighted by atomic mass is 32.2. The summed E-state index contributed by atoms with van der Waals surface area (Å²) in [5.74, 6) is 2.64. The van der Waals surface area contributed by atoms with Crippen molar-refractivity contribution in [2.24, 2.45) is 5.41 Å². The van der Waals surface area contributed by atoms with Crippen LogP contribution in [-0.4, -0.2) is 11.5 Å². The summed E-state index contributed by atoms with van der Waals surface area (Å²) in [4.78, 5) is 1.54. The molecule has 0 saturated carbocycles. The summed E-state index contributed by atoms with van der Waals surface area (Å²) in [5.41, 5.74) is 0.486. The zero-order valence-corrected chi connectivity index (χ0v) is 11.9. The van der Waals surface area contributed by atoms with E-state index in [1.54, 1.807) is 4.90 Å². The number of hydrogen-bond acceptors (Lipinski definition) is 0. The molecule has 0 amide bonds. The Kier molecular flexibility index (Phi) is 5.40. The van der Waals surface area contributed by atoms with Crippen LogP contribution in [0.3, 0.4) is 0 Å². The summed E-state index contributed by atoms with van der Waals surface area (Å²) in [7, 11) is 0.470. The van der Waals surface area contributed by atoms with Crippen LogP contribution in [0.5, 0.6) is 0 Å². The van der Waals surface area contributed by atoms with Gasteiger partial charge in [0.15, 0.2) is 4.90 Å². The molecule has 0 fully saturated rings. The van der Waals surface area contributed by atoms with E-state index in [1.807, 2.05) is 0 Å². The monoisotopic (exact) mass is 237 g/mol. The Bertz CT molecular complexity index is 284. The normalized spacial score (nSPS) is 13.8. The Balaban J connectivity index is 2.45. The topological polar surface area (TPSA) is 0 Å². The second kappa shape index (κ2) is 6.34. The SMILES string of the molecule is CC[S+](CCCC(C)(C)C)c1ccccc1. The first-order valence-electron chi connectivity index (χ1n) is 6.25. The smallest absolute Gasteiger partial charge is 0.0619 e. The standard InChI is InChI=1S/C15H25S/c1-5-16(13-9-12-15(2,3)4)14-10-7-6-8-11-14/h6-8,10-11H,5,9,12-13H2,1-4H3/q+1. The lowest BCUT2D eigenvalue weighted by Gasteiger charge is -2.17. The van der Waals surface area contributed by atoms with Gasteiger partial charge in [0.1, 0.15) is 11.5 Å². The fourth-order valence-corrected chi connectivity index (χ4v) is 3.71. The van der Waals surface area contributed by atoms with Crippen LogP contribution in [-0.2, 0) is 10.9 Å². The molecular formula is C15H25S+. The van der Waals surface area contributed by atoms with Crippen molar-refractivity contribution in [3.05, 3.63) is 30.3 Å². The average molecular weight is 237 g/mol. The summed E-state index contributed by atoms with van der Waals surface area (Å²) in [6.45, 7) is 9.31. The lowest BCUT2D eigenvalue weighted by atomic mass is 9.91. The minimum atomic E-state index is 0.470. The van der Waals surface area contributed by atoms with E-state index in [1.165, 1.54) is 24.3 Å². The van der Waals surface area contributed by atoms with Gasteiger partial charge in [-0.3, -0.25) is 0 Å². The first kappa shape index (κ1) is 13.6. The van der Waals surface area contributed by atoms with E-state index in [0.29, 0.717) is 16.3 Å². The van der Waals surface area contributed by atoms with Gasteiger partial charge in [-0.1, -0.05) is 39.0 Å². The van der Waals surface area contributed by atoms with E-state index < -0.39 is 0 Å². The largest absolute Gasteiger partial charge is 0.154 e. The molecule has 90 valence electrons. The van der Waals surface area contributed by atoms with Crippen LogP contribution in [0.1, 0.15) is 40.5 Å². The maximum atomic E-state index is 2.33. The maximum absolute atomic E-state index is 2.33. The lowest BCUT2D eigenvalue weighted by molar-refractivity contribution is 0.374. The van der Waals surface area contributed by atoms with Crippen LogP contribution < -0.4 is 0 Å². The molecule has 0 spiro atoms. The van der Waals surface area contributed by atoms with E-state index in [0.717, 1.165) is 0 Å². The Labute approximate surface area is 104 Å². The minimum Gasteiger partial charge on any atom is -0.0619 e. The van der Waals surface area contributed by atoms with Gasteiger partial charge in [0, 0.05) is 10.9 Å². The molecule has 0 aromatic heterocycles. The molecular weight excluding hydrogens is 212 g/mol. The Morgan fingerprint density at radius 3 is 2.19 bits per heavy atom. The zero-order chi connectivity index (χ0) is 12.0.